The average molecular weight is 489 g/mol. The number of aromatic nitrogens is 3. The Morgan fingerprint density at radius 1 is 1.12 bits per heavy atom. The first-order valence-corrected chi connectivity index (χ1v) is 11.7. The number of sulfonamides is 1. The van der Waals surface area contributed by atoms with Gasteiger partial charge in [-0.2, -0.15) is 5.10 Å². The van der Waals surface area contributed by atoms with Gasteiger partial charge in [-0.1, -0.05) is 19.1 Å². The normalized spacial score (nSPS) is 11.5. The molecule has 4 rings (SSSR count). The fourth-order valence-corrected chi connectivity index (χ4v) is 4.48. The second kappa shape index (κ2) is 9.14. The minimum Gasteiger partial charge on any atom is -0.320 e. The number of nitrogens with zero attached hydrogens (tertiary/aromatic N) is 2. The number of carbonyl (C=O) groups is 1. The molecule has 0 saturated carbocycles. The minimum atomic E-state index is -3.86. The average Bonchev–Trinajstić information content (AvgIpc) is 3.19. The number of hydrogen-bond acceptors (Lipinski definition) is 5. The van der Waals surface area contributed by atoms with Gasteiger partial charge in [0.15, 0.2) is 11.5 Å². The van der Waals surface area contributed by atoms with Gasteiger partial charge in [-0.3, -0.25) is 14.6 Å². The predicted molar refractivity (Wildman–Crippen MR) is 121 cm³/mol. The highest BCUT2D eigenvalue weighted by Crippen LogP contribution is 2.28. The number of fused-ring (bicyclic) bond motifs is 1. The van der Waals surface area contributed by atoms with Gasteiger partial charge < -0.3 is 5.32 Å². The zero-order chi connectivity index (χ0) is 24.5. The summed E-state index contributed by atoms with van der Waals surface area (Å²) in [5, 5.41) is 9.60. The lowest BCUT2D eigenvalue weighted by Gasteiger charge is -2.12. The van der Waals surface area contributed by atoms with Crippen molar-refractivity contribution in [1.82, 2.24) is 15.2 Å². The highest BCUT2D eigenvalue weighted by atomic mass is 32.2. The lowest BCUT2D eigenvalue weighted by atomic mass is 10.1. The van der Waals surface area contributed by atoms with Gasteiger partial charge in [0.05, 0.1) is 23.3 Å². The molecule has 2 heterocycles. The number of hydrogen-bond donors (Lipinski definition) is 3. The summed E-state index contributed by atoms with van der Waals surface area (Å²) in [7, 11) is -3.86. The number of pyridine rings is 1. The Morgan fingerprint density at radius 2 is 1.91 bits per heavy atom. The van der Waals surface area contributed by atoms with Gasteiger partial charge in [-0.05, 0) is 36.8 Å². The molecule has 0 radical (unpaired) electrons. The third-order valence-electron chi connectivity index (χ3n) is 4.83. The van der Waals surface area contributed by atoms with Crippen LogP contribution >= 0.6 is 0 Å². The Hall–Kier alpha value is -3.93. The molecule has 34 heavy (non-hydrogen) atoms. The molecule has 1 amide bonds. The van der Waals surface area contributed by atoms with Crippen molar-refractivity contribution in [1.29, 1.82) is 0 Å². The summed E-state index contributed by atoms with van der Waals surface area (Å²) >= 11 is 0. The highest BCUT2D eigenvalue weighted by Gasteiger charge is 2.23. The van der Waals surface area contributed by atoms with E-state index < -0.39 is 44.6 Å². The second-order valence-electron chi connectivity index (χ2n) is 7.36. The van der Waals surface area contributed by atoms with Crippen LogP contribution in [0.15, 0.2) is 48.7 Å². The zero-order valence-corrected chi connectivity index (χ0v) is 18.5. The largest absolute Gasteiger partial charge is 0.320 e. The van der Waals surface area contributed by atoms with Crippen LogP contribution in [-0.2, 0) is 10.0 Å². The number of H-pyrrole nitrogens is 1. The number of carbonyl (C=O) groups excluding carboxylic acids is 1. The van der Waals surface area contributed by atoms with E-state index in [0.29, 0.717) is 22.3 Å². The smallest absolute Gasteiger partial charge is 0.261 e. The molecule has 0 fully saturated rings. The number of rotatable bonds is 7. The summed E-state index contributed by atoms with van der Waals surface area (Å²) in [4.78, 5) is 16.8. The lowest BCUT2D eigenvalue weighted by molar-refractivity contribution is 0.101. The molecular weight excluding hydrogens is 471 g/mol. The molecule has 0 aliphatic carbocycles. The maximum Gasteiger partial charge on any atom is 0.261 e. The molecule has 2 aromatic heterocycles. The molecule has 12 heteroatoms. The van der Waals surface area contributed by atoms with Gasteiger partial charge in [-0.15, -0.1) is 0 Å². The van der Waals surface area contributed by atoms with E-state index in [1.807, 2.05) is 4.72 Å². The first-order valence-electron chi connectivity index (χ1n) is 10.1. The van der Waals surface area contributed by atoms with Crippen LogP contribution in [0.4, 0.5) is 24.5 Å². The Labute approximate surface area is 192 Å². The standard InChI is InChI=1S/C22H18F3N5O3S/c1-2-8-34(32,33)30-17-7-6-16(24)18(19(17)25)22(31)27-14-10-15-20(28-29-21(15)26-11-14)12-4-3-5-13(23)9-12/h3-7,9-11,30H,2,8H2,1H3,(H,27,31)(H,26,28,29). The summed E-state index contributed by atoms with van der Waals surface area (Å²) < 4.78 is 68.8. The predicted octanol–water partition coefficient (Wildman–Crippen LogP) is 4.45. The maximum absolute atomic E-state index is 14.9. The quantitative estimate of drug-likeness (QED) is 0.355. The van der Waals surface area contributed by atoms with Crippen LogP contribution in [0.3, 0.4) is 0 Å². The van der Waals surface area contributed by atoms with Crippen molar-refractivity contribution >= 4 is 38.3 Å². The summed E-state index contributed by atoms with van der Waals surface area (Å²) in [5.74, 6) is -4.41. The number of anilines is 2. The summed E-state index contributed by atoms with van der Waals surface area (Å²) in [6.45, 7) is 1.63. The fraction of sp³-hybridized carbons (Fsp3) is 0.136. The Bertz CT molecular complexity index is 1510. The van der Waals surface area contributed by atoms with Gasteiger partial charge in [0, 0.05) is 10.9 Å². The second-order valence-corrected chi connectivity index (χ2v) is 9.20. The lowest BCUT2D eigenvalue weighted by Crippen LogP contribution is -2.20. The van der Waals surface area contributed by atoms with Crippen LogP contribution in [0.2, 0.25) is 0 Å². The van der Waals surface area contributed by atoms with Crippen molar-refractivity contribution in [2.75, 3.05) is 15.8 Å². The maximum atomic E-state index is 14.9. The van der Waals surface area contributed by atoms with Crippen LogP contribution in [0.25, 0.3) is 22.3 Å². The molecular formula is C22H18F3N5O3S. The van der Waals surface area contributed by atoms with Crippen molar-refractivity contribution in [2.24, 2.45) is 0 Å². The molecule has 0 bridgehead atoms. The Balaban J connectivity index is 1.66. The number of halogens is 3. The molecule has 0 unspecified atom stereocenters. The molecule has 176 valence electrons. The van der Waals surface area contributed by atoms with Crippen molar-refractivity contribution in [3.63, 3.8) is 0 Å². The van der Waals surface area contributed by atoms with Crippen LogP contribution in [0.1, 0.15) is 23.7 Å². The molecule has 2 aromatic carbocycles. The summed E-state index contributed by atoms with van der Waals surface area (Å²) in [6, 6.07) is 8.86. The van der Waals surface area contributed by atoms with E-state index in [1.54, 1.807) is 13.0 Å². The summed E-state index contributed by atoms with van der Waals surface area (Å²) in [6.07, 6.45) is 1.53. The third kappa shape index (κ3) is 4.71. The van der Waals surface area contributed by atoms with Crippen LogP contribution in [-0.4, -0.2) is 35.3 Å². The molecule has 4 aromatic rings. The van der Waals surface area contributed by atoms with E-state index >= 15 is 0 Å². The van der Waals surface area contributed by atoms with Crippen LogP contribution in [0.5, 0.6) is 0 Å². The molecule has 0 spiro atoms. The highest BCUT2D eigenvalue weighted by molar-refractivity contribution is 7.92. The van der Waals surface area contributed by atoms with E-state index in [-0.39, 0.29) is 17.9 Å². The van der Waals surface area contributed by atoms with Gasteiger partial charge in [-0.25, -0.2) is 26.6 Å². The van der Waals surface area contributed by atoms with Crippen LogP contribution < -0.4 is 10.0 Å². The van der Waals surface area contributed by atoms with E-state index in [4.69, 9.17) is 0 Å². The SMILES string of the molecule is CCCS(=O)(=O)Nc1ccc(F)c(C(=O)Nc2cnc3[nH]nc(-c4cccc(F)c4)c3c2)c1F. The monoisotopic (exact) mass is 489 g/mol. The fourth-order valence-electron chi connectivity index (χ4n) is 3.35. The minimum absolute atomic E-state index is 0.0901. The van der Waals surface area contributed by atoms with Crippen molar-refractivity contribution in [3.8, 4) is 11.3 Å². The molecule has 0 aliphatic rings. The Kier molecular flexibility index (Phi) is 6.24. The van der Waals surface area contributed by atoms with Crippen LogP contribution in [0, 0.1) is 17.5 Å². The third-order valence-corrected chi connectivity index (χ3v) is 6.31. The topological polar surface area (TPSA) is 117 Å². The van der Waals surface area contributed by atoms with E-state index in [1.165, 1.54) is 30.5 Å². The molecule has 0 saturated heterocycles. The van der Waals surface area contributed by atoms with E-state index in [0.717, 1.165) is 12.1 Å². The number of nitrogens with one attached hydrogen (secondary N) is 3. The van der Waals surface area contributed by atoms with Gasteiger partial charge in [0.1, 0.15) is 22.9 Å². The van der Waals surface area contributed by atoms with Gasteiger partial charge >= 0.3 is 0 Å². The first-order chi connectivity index (χ1) is 16.2. The van der Waals surface area contributed by atoms with Crippen molar-refractivity contribution in [3.05, 3.63) is 71.7 Å². The van der Waals surface area contributed by atoms with Crippen molar-refractivity contribution in [2.45, 2.75) is 13.3 Å². The number of benzene rings is 2. The zero-order valence-electron chi connectivity index (χ0n) is 17.7. The molecule has 0 aliphatic heterocycles. The molecule has 8 nitrogen and oxygen atoms in total. The number of aromatic amines is 1. The molecule has 3 N–H and O–H groups in total. The number of amides is 1. The van der Waals surface area contributed by atoms with E-state index in [2.05, 4.69) is 20.5 Å². The first kappa shape index (κ1) is 23.2. The van der Waals surface area contributed by atoms with Crippen molar-refractivity contribution < 1.29 is 26.4 Å². The Morgan fingerprint density at radius 3 is 2.65 bits per heavy atom. The van der Waals surface area contributed by atoms with Gasteiger partial charge in [0.2, 0.25) is 10.0 Å². The van der Waals surface area contributed by atoms with E-state index in [9.17, 15) is 26.4 Å². The summed E-state index contributed by atoms with van der Waals surface area (Å²) in [5.41, 5.74) is -0.246. The van der Waals surface area contributed by atoms with Gasteiger partial charge in [0.25, 0.3) is 5.91 Å². The molecule has 0 atom stereocenters.